The van der Waals surface area contributed by atoms with Gasteiger partial charge in [-0.25, -0.2) is 0 Å². The lowest BCUT2D eigenvalue weighted by Crippen LogP contribution is -1.53. The Bertz CT molecular complexity index is 106. The van der Waals surface area contributed by atoms with Gasteiger partial charge in [0.15, 0.2) is 0 Å². The molecule has 0 aromatic rings. The average Bonchev–Trinajstić information content (AvgIpc) is 2.14. The Hall–Kier alpha value is -1.28. The Morgan fingerprint density at radius 1 is 1.17 bits per heavy atom. The maximum atomic E-state index is 7.82. The summed E-state index contributed by atoms with van der Waals surface area (Å²) in [5.41, 5.74) is 0. The standard InChI is InChI=1S/C4H7N.C2H3N.C2H6.C2H4/c1-2-3-4-5;1-2-3;2*1-2/h2-3H2,1H3;1H3;1-2H3;1-2H2. The van der Waals surface area contributed by atoms with Gasteiger partial charge in [-0.05, 0) is 6.42 Å². The van der Waals surface area contributed by atoms with Crippen molar-refractivity contribution in [2.24, 2.45) is 0 Å². The van der Waals surface area contributed by atoms with Crippen molar-refractivity contribution in [3.05, 3.63) is 13.2 Å². The summed E-state index contributed by atoms with van der Waals surface area (Å²) in [7, 11) is 0. The third kappa shape index (κ3) is 1000. The molecule has 0 unspecified atom stereocenters. The molecule has 0 saturated heterocycles. The van der Waals surface area contributed by atoms with Gasteiger partial charge in [-0.1, -0.05) is 20.8 Å². The minimum atomic E-state index is 0.694. The Morgan fingerprint density at radius 2 is 1.42 bits per heavy atom. The molecule has 0 atom stereocenters. The SMILES string of the molecule is C=C.CC.CC#N.CCCC#N. The minimum absolute atomic E-state index is 0.694. The van der Waals surface area contributed by atoms with Crippen LogP contribution in [0.2, 0.25) is 0 Å². The smallest absolute Gasteiger partial charge is 0.0621 e. The molecule has 2 nitrogen and oxygen atoms in total. The van der Waals surface area contributed by atoms with Gasteiger partial charge in [0.25, 0.3) is 0 Å². The normalized spacial score (nSPS) is 4.17. The lowest BCUT2D eigenvalue weighted by molar-refractivity contribution is 0.969. The Morgan fingerprint density at radius 3 is 1.42 bits per heavy atom. The average molecular weight is 168 g/mol. The van der Waals surface area contributed by atoms with Gasteiger partial charge in [0.1, 0.15) is 0 Å². The molecule has 12 heavy (non-hydrogen) atoms. The van der Waals surface area contributed by atoms with Crippen LogP contribution < -0.4 is 0 Å². The maximum Gasteiger partial charge on any atom is 0.0621 e. The van der Waals surface area contributed by atoms with Crippen LogP contribution in [-0.4, -0.2) is 0 Å². The van der Waals surface area contributed by atoms with E-state index in [9.17, 15) is 0 Å². The fourth-order valence-corrected chi connectivity index (χ4v) is 0.112. The molecule has 0 heterocycles. The van der Waals surface area contributed by atoms with E-state index in [0.29, 0.717) is 6.42 Å². The molecule has 2 heteroatoms. The molecule has 0 aromatic heterocycles. The number of nitrogens with zero attached hydrogens (tertiary/aromatic N) is 2. The second-order valence-corrected chi connectivity index (χ2v) is 1.13. The van der Waals surface area contributed by atoms with Crippen LogP contribution >= 0.6 is 0 Å². The first kappa shape index (κ1) is 22.4. The number of unbranched alkanes of at least 4 members (excludes halogenated alkanes) is 1. The molecular weight excluding hydrogens is 148 g/mol. The molecule has 0 N–H and O–H groups in total. The Kier molecular flexibility index (Phi) is 187. The molecule has 0 aromatic carbocycles. The van der Waals surface area contributed by atoms with Crippen molar-refractivity contribution in [1.29, 1.82) is 10.5 Å². The minimum Gasteiger partial charge on any atom is -0.199 e. The van der Waals surface area contributed by atoms with E-state index in [1.54, 1.807) is 6.07 Å². The van der Waals surface area contributed by atoms with Gasteiger partial charge in [-0.3, -0.25) is 0 Å². The van der Waals surface area contributed by atoms with Crippen molar-refractivity contribution in [3.63, 3.8) is 0 Å². The zero-order valence-corrected chi connectivity index (χ0v) is 8.72. The Balaban J connectivity index is -0.0000000397. The number of hydrogen-bond acceptors (Lipinski definition) is 2. The predicted octanol–water partition coefficient (Wildman–Crippen LogP) is 3.67. The van der Waals surface area contributed by atoms with Crippen molar-refractivity contribution in [2.45, 2.75) is 40.5 Å². The van der Waals surface area contributed by atoms with E-state index in [-0.39, 0.29) is 0 Å². The van der Waals surface area contributed by atoms with Gasteiger partial charge in [0.05, 0.1) is 12.1 Å². The van der Waals surface area contributed by atoms with E-state index in [2.05, 4.69) is 13.2 Å². The first-order valence-corrected chi connectivity index (χ1v) is 4.01. The van der Waals surface area contributed by atoms with Crippen molar-refractivity contribution in [1.82, 2.24) is 0 Å². The molecule has 0 aliphatic rings. The highest BCUT2D eigenvalue weighted by atomic mass is 14.2. The highest BCUT2D eigenvalue weighted by Gasteiger charge is 1.65. The van der Waals surface area contributed by atoms with E-state index >= 15 is 0 Å². The highest BCUT2D eigenvalue weighted by Crippen LogP contribution is 1.77. The second-order valence-electron chi connectivity index (χ2n) is 1.13. The van der Waals surface area contributed by atoms with Crippen LogP contribution in [0.1, 0.15) is 40.5 Å². The van der Waals surface area contributed by atoms with Gasteiger partial charge in [0.2, 0.25) is 0 Å². The third-order valence-electron chi connectivity index (χ3n) is 0.362. The Labute approximate surface area is 77.1 Å². The van der Waals surface area contributed by atoms with Crippen LogP contribution in [-0.2, 0) is 0 Å². The molecule has 0 fully saturated rings. The summed E-state index contributed by atoms with van der Waals surface area (Å²) < 4.78 is 0. The maximum absolute atomic E-state index is 7.82. The molecule has 0 saturated carbocycles. The van der Waals surface area contributed by atoms with Crippen molar-refractivity contribution in [3.8, 4) is 12.1 Å². The van der Waals surface area contributed by atoms with E-state index in [1.807, 2.05) is 26.8 Å². The second kappa shape index (κ2) is 99.9. The monoisotopic (exact) mass is 168 g/mol. The topological polar surface area (TPSA) is 47.6 Å². The summed E-state index contributed by atoms with van der Waals surface area (Å²) in [4.78, 5) is 0. The molecule has 0 rings (SSSR count). The first-order chi connectivity index (χ1) is 5.83. The lowest BCUT2D eigenvalue weighted by Gasteiger charge is -1.65. The summed E-state index contributed by atoms with van der Waals surface area (Å²) in [5, 5.41) is 15.1. The molecule has 0 aliphatic heterocycles. The fraction of sp³-hybridized carbons (Fsp3) is 0.600. The third-order valence-corrected chi connectivity index (χ3v) is 0.362. The summed E-state index contributed by atoms with van der Waals surface area (Å²) in [6.07, 6.45) is 1.68. The molecule has 70 valence electrons. The summed E-state index contributed by atoms with van der Waals surface area (Å²) in [6, 6.07) is 3.77. The summed E-state index contributed by atoms with van der Waals surface area (Å²) in [5.74, 6) is 0. The molecule has 0 amide bonds. The molecule has 0 spiro atoms. The van der Waals surface area contributed by atoms with Gasteiger partial charge in [-0.15, -0.1) is 13.2 Å². The highest BCUT2D eigenvalue weighted by molar-refractivity contribution is 4.65. The summed E-state index contributed by atoms with van der Waals surface area (Å²) in [6.45, 7) is 13.4. The largest absolute Gasteiger partial charge is 0.199 e. The van der Waals surface area contributed by atoms with Gasteiger partial charge < -0.3 is 0 Å². The van der Waals surface area contributed by atoms with E-state index in [4.69, 9.17) is 10.5 Å². The zero-order chi connectivity index (χ0) is 10.8. The predicted molar refractivity (Wildman–Crippen MR) is 54.4 cm³/mol. The quantitative estimate of drug-likeness (QED) is 0.561. The van der Waals surface area contributed by atoms with Crippen molar-refractivity contribution >= 4 is 0 Å². The molecular formula is C10H20N2. The van der Waals surface area contributed by atoms with E-state index < -0.39 is 0 Å². The fourth-order valence-electron chi connectivity index (χ4n) is 0.112. The van der Waals surface area contributed by atoms with E-state index in [1.165, 1.54) is 6.92 Å². The zero-order valence-electron chi connectivity index (χ0n) is 8.72. The van der Waals surface area contributed by atoms with Crippen LogP contribution in [0.25, 0.3) is 0 Å². The van der Waals surface area contributed by atoms with Crippen LogP contribution in [0, 0.1) is 22.7 Å². The van der Waals surface area contributed by atoms with Crippen LogP contribution in [0.15, 0.2) is 13.2 Å². The summed E-state index contributed by atoms with van der Waals surface area (Å²) >= 11 is 0. The van der Waals surface area contributed by atoms with Gasteiger partial charge in [-0.2, -0.15) is 10.5 Å². The van der Waals surface area contributed by atoms with Crippen LogP contribution in [0.4, 0.5) is 0 Å². The first-order valence-electron chi connectivity index (χ1n) is 4.01. The van der Waals surface area contributed by atoms with Gasteiger partial charge in [0, 0.05) is 13.3 Å². The van der Waals surface area contributed by atoms with Crippen molar-refractivity contribution < 1.29 is 0 Å². The number of hydrogen-bond donors (Lipinski definition) is 0. The lowest BCUT2D eigenvalue weighted by atomic mass is 10.4. The van der Waals surface area contributed by atoms with Crippen LogP contribution in [0.3, 0.4) is 0 Å². The van der Waals surface area contributed by atoms with Crippen molar-refractivity contribution in [2.75, 3.05) is 0 Å². The molecule has 0 aliphatic carbocycles. The van der Waals surface area contributed by atoms with Crippen LogP contribution in [0.5, 0.6) is 0 Å². The molecule has 0 radical (unpaired) electrons. The van der Waals surface area contributed by atoms with E-state index in [0.717, 1.165) is 6.42 Å². The molecule has 0 bridgehead atoms. The number of nitriles is 2. The van der Waals surface area contributed by atoms with Gasteiger partial charge >= 0.3 is 0 Å². The number of rotatable bonds is 1.